The Morgan fingerprint density at radius 2 is 2.40 bits per heavy atom. The lowest BCUT2D eigenvalue weighted by Crippen LogP contribution is -2.38. The van der Waals surface area contributed by atoms with Crippen molar-refractivity contribution in [1.29, 1.82) is 5.26 Å². The molecule has 2 aliphatic heterocycles. The van der Waals surface area contributed by atoms with Gasteiger partial charge in [-0.25, -0.2) is 4.98 Å². The van der Waals surface area contributed by atoms with Crippen molar-refractivity contribution in [3.63, 3.8) is 0 Å². The van der Waals surface area contributed by atoms with Crippen LogP contribution in [0.5, 0.6) is 5.88 Å². The van der Waals surface area contributed by atoms with Crippen LogP contribution >= 0.6 is 0 Å². The topological polar surface area (TPSA) is 88.6 Å². The van der Waals surface area contributed by atoms with Gasteiger partial charge in [0.2, 0.25) is 5.88 Å². The Balaban J connectivity index is 1.45. The molecule has 25 heavy (non-hydrogen) atoms. The first kappa shape index (κ1) is 15.7. The molecule has 4 rings (SSSR count). The molecule has 2 aliphatic rings. The summed E-state index contributed by atoms with van der Waals surface area (Å²) in [5, 5.41) is 8.82. The average molecular weight is 339 g/mol. The lowest BCUT2D eigenvalue weighted by atomic mass is 9.82. The van der Waals surface area contributed by atoms with Gasteiger partial charge < -0.3 is 18.8 Å². The van der Waals surface area contributed by atoms with E-state index >= 15 is 0 Å². The maximum absolute atomic E-state index is 12.5. The third kappa shape index (κ3) is 2.85. The first-order valence-corrected chi connectivity index (χ1v) is 8.10. The molecule has 2 aromatic rings. The van der Waals surface area contributed by atoms with E-state index in [9.17, 15) is 4.79 Å². The van der Waals surface area contributed by atoms with Crippen molar-refractivity contribution in [2.24, 2.45) is 11.3 Å². The van der Waals surface area contributed by atoms with Crippen LogP contribution in [0.2, 0.25) is 0 Å². The summed E-state index contributed by atoms with van der Waals surface area (Å²) in [5.41, 5.74) is 0.251. The van der Waals surface area contributed by atoms with Gasteiger partial charge in [0, 0.05) is 31.3 Å². The van der Waals surface area contributed by atoms with Crippen molar-refractivity contribution < 1.29 is 18.7 Å². The van der Waals surface area contributed by atoms with Crippen LogP contribution < -0.4 is 4.74 Å². The normalized spacial score (nSPS) is 24.8. The van der Waals surface area contributed by atoms with Crippen molar-refractivity contribution in [2.45, 2.75) is 0 Å². The highest BCUT2D eigenvalue weighted by Crippen LogP contribution is 2.42. The van der Waals surface area contributed by atoms with Crippen LogP contribution in [0.1, 0.15) is 16.1 Å². The molecule has 0 unspecified atom stereocenters. The molecule has 1 amide bonds. The average Bonchev–Trinajstić information content (AvgIpc) is 3.35. The Morgan fingerprint density at radius 3 is 3.12 bits per heavy atom. The molecule has 0 radical (unpaired) electrons. The molecule has 2 atom stereocenters. The molecular formula is C18H17N3O4. The van der Waals surface area contributed by atoms with Crippen molar-refractivity contribution in [2.75, 3.05) is 32.9 Å². The summed E-state index contributed by atoms with van der Waals surface area (Å²) in [4.78, 5) is 18.5. The van der Waals surface area contributed by atoms with E-state index in [1.54, 1.807) is 24.3 Å². The fraction of sp³-hybridized carbons (Fsp3) is 0.389. The lowest BCUT2D eigenvalue weighted by molar-refractivity contribution is 0.0630. The molecule has 128 valence electrons. The van der Waals surface area contributed by atoms with Crippen molar-refractivity contribution in [1.82, 2.24) is 9.88 Å². The van der Waals surface area contributed by atoms with E-state index < -0.39 is 0 Å². The number of amides is 1. The van der Waals surface area contributed by atoms with Gasteiger partial charge in [-0.05, 0) is 18.2 Å². The number of aromatic nitrogens is 1. The Labute approximate surface area is 144 Å². The Kier molecular flexibility index (Phi) is 3.90. The van der Waals surface area contributed by atoms with Gasteiger partial charge in [-0.15, -0.1) is 0 Å². The molecule has 7 heteroatoms. The molecule has 2 aromatic heterocycles. The predicted octanol–water partition coefficient (Wildman–Crippen LogP) is 1.71. The smallest absolute Gasteiger partial charge is 0.289 e. The molecular weight excluding hydrogens is 322 g/mol. The fourth-order valence-corrected chi connectivity index (χ4v) is 3.50. The van der Waals surface area contributed by atoms with Gasteiger partial charge in [-0.2, -0.15) is 5.26 Å². The summed E-state index contributed by atoms with van der Waals surface area (Å²) in [6.07, 6.45) is 2.99. The minimum absolute atomic E-state index is 0.102. The van der Waals surface area contributed by atoms with Crippen LogP contribution in [-0.4, -0.2) is 48.7 Å². The van der Waals surface area contributed by atoms with E-state index in [2.05, 4.69) is 4.98 Å². The monoisotopic (exact) mass is 339 g/mol. The molecule has 2 fully saturated rings. The van der Waals surface area contributed by atoms with E-state index in [0.29, 0.717) is 50.1 Å². The molecule has 0 aliphatic carbocycles. The number of nitrogens with zero attached hydrogens (tertiary/aromatic N) is 3. The van der Waals surface area contributed by atoms with Crippen LogP contribution in [0.15, 0.2) is 41.1 Å². The van der Waals surface area contributed by atoms with Gasteiger partial charge >= 0.3 is 0 Å². The zero-order valence-electron chi connectivity index (χ0n) is 13.6. The summed E-state index contributed by atoms with van der Waals surface area (Å²) in [7, 11) is 0. The molecule has 4 heterocycles. The van der Waals surface area contributed by atoms with Gasteiger partial charge in [0.1, 0.15) is 6.07 Å². The first-order chi connectivity index (χ1) is 12.2. The number of rotatable bonds is 4. The second-order valence-corrected chi connectivity index (χ2v) is 6.52. The van der Waals surface area contributed by atoms with E-state index in [1.165, 1.54) is 12.5 Å². The van der Waals surface area contributed by atoms with E-state index in [-0.39, 0.29) is 17.2 Å². The number of carbonyl (C=O) groups excluding carboxylic acids is 1. The number of fused-ring (bicyclic) bond motifs is 1. The van der Waals surface area contributed by atoms with Crippen LogP contribution in [-0.2, 0) is 4.74 Å². The molecule has 0 aromatic carbocycles. The largest absolute Gasteiger partial charge is 0.477 e. The van der Waals surface area contributed by atoms with Gasteiger partial charge in [0.15, 0.2) is 5.76 Å². The highest BCUT2D eigenvalue weighted by atomic mass is 16.5. The highest BCUT2D eigenvalue weighted by molar-refractivity contribution is 5.91. The Morgan fingerprint density at radius 1 is 1.48 bits per heavy atom. The second kappa shape index (κ2) is 6.22. The first-order valence-electron chi connectivity index (χ1n) is 8.10. The summed E-state index contributed by atoms with van der Waals surface area (Å²) < 4.78 is 16.7. The number of ether oxygens (including phenoxy) is 2. The molecule has 0 N–H and O–H groups in total. The number of nitriles is 1. The SMILES string of the molecule is N#Cc1ccc(OC[C@@]23COC[C@@H]2CN(C(=O)c2ccco2)C3)nc1. The standard InChI is InChI=1S/C18H17N3O4/c19-6-13-3-4-16(20-7-13)25-12-18-10-21(8-14(18)9-23-11-18)17(22)15-2-1-5-24-15/h1-5,7,14H,8-12H2/t14-,18+/m0/s1. The number of hydrogen-bond donors (Lipinski definition) is 0. The lowest BCUT2D eigenvalue weighted by Gasteiger charge is -2.26. The minimum atomic E-state index is -0.238. The van der Waals surface area contributed by atoms with Crippen LogP contribution in [0, 0.1) is 22.7 Å². The summed E-state index contributed by atoms with van der Waals surface area (Å²) in [5.74, 6) is 0.945. The third-order valence-corrected chi connectivity index (χ3v) is 4.91. The summed E-state index contributed by atoms with van der Waals surface area (Å²) in [6, 6.07) is 8.77. The Bertz CT molecular complexity index is 797. The van der Waals surface area contributed by atoms with Gasteiger partial charge in [-0.3, -0.25) is 4.79 Å². The van der Waals surface area contributed by atoms with Crippen LogP contribution in [0.3, 0.4) is 0 Å². The number of pyridine rings is 1. The second-order valence-electron chi connectivity index (χ2n) is 6.52. The Hall–Kier alpha value is -2.85. The van der Waals surface area contributed by atoms with Gasteiger partial charge in [-0.1, -0.05) is 0 Å². The quantitative estimate of drug-likeness (QED) is 0.842. The number of furan rings is 1. The zero-order chi connectivity index (χ0) is 17.3. The van der Waals surface area contributed by atoms with E-state index in [1.807, 2.05) is 11.0 Å². The molecule has 7 nitrogen and oxygen atoms in total. The highest BCUT2D eigenvalue weighted by Gasteiger charge is 2.52. The van der Waals surface area contributed by atoms with E-state index in [4.69, 9.17) is 19.2 Å². The molecule has 2 saturated heterocycles. The summed E-state index contributed by atoms with van der Waals surface area (Å²) >= 11 is 0. The van der Waals surface area contributed by atoms with Gasteiger partial charge in [0.25, 0.3) is 5.91 Å². The zero-order valence-corrected chi connectivity index (χ0v) is 13.6. The predicted molar refractivity (Wildman–Crippen MR) is 85.8 cm³/mol. The number of hydrogen-bond acceptors (Lipinski definition) is 6. The van der Waals surface area contributed by atoms with Crippen molar-refractivity contribution in [3.8, 4) is 11.9 Å². The summed E-state index contributed by atoms with van der Waals surface area (Å²) in [6.45, 7) is 2.78. The third-order valence-electron chi connectivity index (χ3n) is 4.91. The minimum Gasteiger partial charge on any atom is -0.477 e. The number of carbonyl (C=O) groups is 1. The van der Waals surface area contributed by atoms with Crippen molar-refractivity contribution in [3.05, 3.63) is 48.0 Å². The van der Waals surface area contributed by atoms with E-state index in [0.717, 1.165) is 0 Å². The van der Waals surface area contributed by atoms with Crippen LogP contribution in [0.4, 0.5) is 0 Å². The maximum atomic E-state index is 12.5. The molecule has 0 spiro atoms. The molecule has 0 saturated carbocycles. The number of likely N-dealkylation sites (tertiary alicyclic amines) is 1. The van der Waals surface area contributed by atoms with Gasteiger partial charge in [0.05, 0.1) is 37.1 Å². The van der Waals surface area contributed by atoms with Crippen LogP contribution in [0.25, 0.3) is 0 Å². The fourth-order valence-electron chi connectivity index (χ4n) is 3.50. The van der Waals surface area contributed by atoms with Crippen molar-refractivity contribution >= 4 is 5.91 Å². The maximum Gasteiger partial charge on any atom is 0.289 e. The molecule has 0 bridgehead atoms.